The van der Waals surface area contributed by atoms with Crippen LogP contribution >= 0.6 is 11.3 Å². The minimum atomic E-state index is 0.503. The number of nitrogens with two attached hydrogens (primary N) is 1. The zero-order chi connectivity index (χ0) is 13.0. The minimum absolute atomic E-state index is 0.503. The molecule has 2 aromatic heterocycles. The van der Waals surface area contributed by atoms with Crippen LogP contribution in [0.4, 0.5) is 0 Å². The number of hydrogen-bond acceptors (Lipinski definition) is 5. The molecule has 2 aromatic rings. The monoisotopic (exact) mass is 263 g/mol. The number of pyridine rings is 1. The molecule has 0 saturated carbocycles. The van der Waals surface area contributed by atoms with Gasteiger partial charge in [0.15, 0.2) is 0 Å². The molecule has 0 atom stereocenters. The second-order valence-electron chi connectivity index (χ2n) is 3.91. The molecule has 0 bridgehead atoms. The van der Waals surface area contributed by atoms with Gasteiger partial charge in [-0.15, -0.1) is 11.3 Å². The Morgan fingerprint density at radius 2 is 2.28 bits per heavy atom. The fourth-order valence-electron chi connectivity index (χ4n) is 1.83. The third-order valence-electron chi connectivity index (χ3n) is 2.76. The van der Waals surface area contributed by atoms with Crippen molar-refractivity contribution in [3.8, 4) is 10.6 Å². The van der Waals surface area contributed by atoms with Gasteiger partial charge in [-0.05, 0) is 18.1 Å². The van der Waals surface area contributed by atoms with E-state index in [0.717, 1.165) is 27.6 Å². The van der Waals surface area contributed by atoms with E-state index >= 15 is 0 Å². The Balaban J connectivity index is 2.44. The van der Waals surface area contributed by atoms with Crippen molar-refractivity contribution in [2.75, 3.05) is 7.11 Å². The lowest BCUT2D eigenvalue weighted by molar-refractivity contribution is 0.181. The third kappa shape index (κ3) is 2.58. The number of nitrogens with zero attached hydrogens (tertiary/aromatic N) is 2. The molecule has 18 heavy (non-hydrogen) atoms. The van der Waals surface area contributed by atoms with Gasteiger partial charge in [0.2, 0.25) is 0 Å². The Morgan fingerprint density at radius 1 is 1.44 bits per heavy atom. The Kier molecular flexibility index (Phi) is 4.41. The number of aryl methyl sites for hydroxylation is 1. The molecular formula is C13H17N3OS. The molecular weight excluding hydrogens is 246 g/mol. The number of hydrogen-bond donors (Lipinski definition) is 1. The van der Waals surface area contributed by atoms with Crippen LogP contribution in [-0.4, -0.2) is 17.1 Å². The summed E-state index contributed by atoms with van der Waals surface area (Å²) >= 11 is 1.64. The lowest BCUT2D eigenvalue weighted by Crippen LogP contribution is -1.99. The molecule has 0 aliphatic rings. The summed E-state index contributed by atoms with van der Waals surface area (Å²) in [5, 5.41) is 1.00. The molecule has 2 N–H and O–H groups in total. The van der Waals surface area contributed by atoms with Crippen molar-refractivity contribution < 1.29 is 4.74 Å². The van der Waals surface area contributed by atoms with E-state index in [2.05, 4.69) is 16.9 Å². The van der Waals surface area contributed by atoms with Crippen molar-refractivity contribution >= 4 is 11.3 Å². The highest BCUT2D eigenvalue weighted by Crippen LogP contribution is 2.30. The van der Waals surface area contributed by atoms with Gasteiger partial charge < -0.3 is 10.5 Å². The molecule has 96 valence electrons. The first-order chi connectivity index (χ1) is 8.80. The first-order valence-electron chi connectivity index (χ1n) is 5.91. The van der Waals surface area contributed by atoms with Crippen molar-refractivity contribution in [3.05, 3.63) is 34.6 Å². The average molecular weight is 263 g/mol. The average Bonchev–Trinajstić information content (AvgIpc) is 2.82. The van der Waals surface area contributed by atoms with Gasteiger partial charge in [0.25, 0.3) is 0 Å². The molecule has 0 saturated heterocycles. The number of rotatable bonds is 5. The molecule has 4 nitrogen and oxygen atoms in total. The van der Waals surface area contributed by atoms with Crippen LogP contribution < -0.4 is 5.73 Å². The highest BCUT2D eigenvalue weighted by atomic mass is 32.1. The van der Waals surface area contributed by atoms with E-state index in [1.165, 1.54) is 5.56 Å². The van der Waals surface area contributed by atoms with Gasteiger partial charge in [0.1, 0.15) is 5.01 Å². The number of methoxy groups -OCH3 is 1. The second-order valence-corrected chi connectivity index (χ2v) is 5.00. The van der Waals surface area contributed by atoms with Crippen LogP contribution in [0.25, 0.3) is 10.6 Å². The largest absolute Gasteiger partial charge is 0.378 e. The van der Waals surface area contributed by atoms with Crippen LogP contribution in [0.3, 0.4) is 0 Å². The SMILES string of the molecule is CCc1cnccc1-c1nc(COC)c(CN)s1. The van der Waals surface area contributed by atoms with Crippen LogP contribution in [0.2, 0.25) is 0 Å². The van der Waals surface area contributed by atoms with Gasteiger partial charge in [-0.1, -0.05) is 6.92 Å². The van der Waals surface area contributed by atoms with Gasteiger partial charge in [-0.25, -0.2) is 4.98 Å². The van der Waals surface area contributed by atoms with E-state index in [4.69, 9.17) is 10.5 Å². The van der Waals surface area contributed by atoms with E-state index in [1.54, 1.807) is 24.6 Å². The minimum Gasteiger partial charge on any atom is -0.378 e. The summed E-state index contributed by atoms with van der Waals surface area (Å²) in [6, 6.07) is 2.01. The van der Waals surface area contributed by atoms with Crippen molar-refractivity contribution in [2.45, 2.75) is 26.5 Å². The Morgan fingerprint density at radius 3 is 2.94 bits per heavy atom. The Bertz CT molecular complexity index is 525. The summed E-state index contributed by atoms with van der Waals surface area (Å²) in [5.74, 6) is 0. The quantitative estimate of drug-likeness (QED) is 0.899. The van der Waals surface area contributed by atoms with Crippen molar-refractivity contribution in [3.63, 3.8) is 0 Å². The highest BCUT2D eigenvalue weighted by molar-refractivity contribution is 7.15. The molecule has 0 aromatic carbocycles. The fraction of sp³-hybridized carbons (Fsp3) is 0.385. The molecule has 0 radical (unpaired) electrons. The molecule has 0 fully saturated rings. The van der Waals surface area contributed by atoms with E-state index in [0.29, 0.717) is 13.2 Å². The zero-order valence-corrected chi connectivity index (χ0v) is 11.5. The van der Waals surface area contributed by atoms with Crippen molar-refractivity contribution in [1.82, 2.24) is 9.97 Å². The lowest BCUT2D eigenvalue weighted by atomic mass is 10.1. The maximum atomic E-state index is 5.75. The summed E-state index contributed by atoms with van der Waals surface area (Å²) in [4.78, 5) is 9.88. The molecule has 5 heteroatoms. The van der Waals surface area contributed by atoms with Crippen LogP contribution in [0, 0.1) is 0 Å². The van der Waals surface area contributed by atoms with Gasteiger partial charge in [-0.2, -0.15) is 0 Å². The first-order valence-corrected chi connectivity index (χ1v) is 6.72. The maximum absolute atomic E-state index is 5.75. The topological polar surface area (TPSA) is 61.0 Å². The first kappa shape index (κ1) is 13.1. The predicted octanol–water partition coefficient (Wildman–Crippen LogP) is 2.37. The summed E-state index contributed by atoms with van der Waals surface area (Å²) in [6.07, 6.45) is 4.64. The molecule has 0 spiro atoms. The van der Waals surface area contributed by atoms with Crippen molar-refractivity contribution in [1.29, 1.82) is 0 Å². The molecule has 0 aliphatic heterocycles. The van der Waals surface area contributed by atoms with E-state index in [1.807, 2.05) is 12.3 Å². The van der Waals surface area contributed by atoms with E-state index in [-0.39, 0.29) is 0 Å². The van der Waals surface area contributed by atoms with Crippen molar-refractivity contribution in [2.24, 2.45) is 5.73 Å². The number of aromatic nitrogens is 2. The van der Waals surface area contributed by atoms with Gasteiger partial charge >= 0.3 is 0 Å². The normalized spacial score (nSPS) is 10.8. The van der Waals surface area contributed by atoms with E-state index < -0.39 is 0 Å². The standard InChI is InChI=1S/C13H17N3OS/c1-3-9-7-15-5-4-10(9)13-16-11(8-17-2)12(6-14)18-13/h4-5,7H,3,6,8,14H2,1-2H3. The van der Waals surface area contributed by atoms with Gasteiger partial charge in [0.05, 0.1) is 12.3 Å². The summed E-state index contributed by atoms with van der Waals surface area (Å²) in [6.45, 7) is 3.13. The maximum Gasteiger partial charge on any atom is 0.124 e. The third-order valence-corrected chi connectivity index (χ3v) is 3.91. The molecule has 2 rings (SSSR count). The molecule has 0 unspecified atom stereocenters. The summed E-state index contributed by atoms with van der Waals surface area (Å²) in [7, 11) is 1.67. The zero-order valence-electron chi connectivity index (χ0n) is 10.6. The van der Waals surface area contributed by atoms with Crippen LogP contribution in [0.5, 0.6) is 0 Å². The molecule has 0 amide bonds. The van der Waals surface area contributed by atoms with E-state index in [9.17, 15) is 0 Å². The number of ether oxygens (including phenoxy) is 1. The van der Waals surface area contributed by atoms with Gasteiger partial charge in [0, 0.05) is 36.5 Å². The van der Waals surface area contributed by atoms with Crippen LogP contribution in [0.1, 0.15) is 23.1 Å². The second kappa shape index (κ2) is 6.04. The van der Waals surface area contributed by atoms with Crippen LogP contribution in [0.15, 0.2) is 18.5 Å². The Hall–Kier alpha value is -1.30. The van der Waals surface area contributed by atoms with Gasteiger partial charge in [-0.3, -0.25) is 4.98 Å². The Labute approximate surface area is 111 Å². The predicted molar refractivity (Wildman–Crippen MR) is 73.3 cm³/mol. The molecule has 0 aliphatic carbocycles. The smallest absolute Gasteiger partial charge is 0.124 e. The lowest BCUT2D eigenvalue weighted by Gasteiger charge is -2.02. The fourth-order valence-corrected chi connectivity index (χ4v) is 2.83. The number of thiazole rings is 1. The summed E-state index contributed by atoms with van der Waals surface area (Å²) < 4.78 is 5.15. The highest BCUT2D eigenvalue weighted by Gasteiger charge is 2.13. The molecule has 2 heterocycles. The van der Waals surface area contributed by atoms with Crippen LogP contribution in [-0.2, 0) is 24.3 Å². The summed E-state index contributed by atoms with van der Waals surface area (Å²) in [5.41, 5.74) is 9.04.